The number of amides is 2. The molecule has 4 nitrogen and oxygen atoms in total. The molecule has 4 heteroatoms. The molecule has 2 amide bonds. The van der Waals surface area contributed by atoms with Gasteiger partial charge < -0.3 is 10.2 Å². The fourth-order valence-electron chi connectivity index (χ4n) is 3.67. The number of nitrogens with one attached hydrogen (secondary N) is 1. The van der Waals surface area contributed by atoms with E-state index in [4.69, 9.17) is 0 Å². The van der Waals surface area contributed by atoms with Gasteiger partial charge in [0, 0.05) is 6.54 Å². The van der Waals surface area contributed by atoms with Gasteiger partial charge in [-0.25, -0.2) is 0 Å². The van der Waals surface area contributed by atoms with E-state index in [-0.39, 0.29) is 18.4 Å². The zero-order valence-corrected chi connectivity index (χ0v) is 13.5. The van der Waals surface area contributed by atoms with Crippen molar-refractivity contribution in [2.24, 2.45) is 0 Å². The maximum Gasteiger partial charge on any atom is 0.248 e. The van der Waals surface area contributed by atoms with Crippen molar-refractivity contribution in [3.05, 3.63) is 0 Å². The molecule has 2 rings (SSSR count). The first kappa shape index (κ1) is 16.3. The van der Waals surface area contributed by atoms with Gasteiger partial charge in [0.05, 0.1) is 6.54 Å². The van der Waals surface area contributed by atoms with Gasteiger partial charge in [0.25, 0.3) is 0 Å². The molecule has 0 atom stereocenters. The molecule has 0 aromatic heterocycles. The number of unbranched alkanes of at least 4 members (excludes halogenated alkanes) is 6. The summed E-state index contributed by atoms with van der Waals surface area (Å²) in [4.78, 5) is 26.3. The van der Waals surface area contributed by atoms with Crippen LogP contribution in [-0.4, -0.2) is 35.3 Å². The number of hydrogen-bond donors (Lipinski definition) is 1. The van der Waals surface area contributed by atoms with Crippen LogP contribution in [0.5, 0.6) is 0 Å². The average molecular weight is 294 g/mol. The molecule has 1 aliphatic carbocycles. The second-order valence-electron chi connectivity index (χ2n) is 6.69. The second kappa shape index (κ2) is 7.81. The average Bonchev–Trinajstić information content (AvgIpc) is 2.92. The molecule has 0 aromatic rings. The van der Waals surface area contributed by atoms with Crippen LogP contribution in [0.15, 0.2) is 0 Å². The summed E-state index contributed by atoms with van der Waals surface area (Å²) in [5, 5.41) is 2.97. The van der Waals surface area contributed by atoms with Crippen molar-refractivity contribution in [1.29, 1.82) is 0 Å². The standard InChI is InChI=1S/C17H30N2O2/c1-2-3-4-5-6-7-10-13-19-14-15(20)18-17(16(19)21)11-8-9-12-17/h2-14H2,1H3,(H,18,20). The van der Waals surface area contributed by atoms with Crippen LogP contribution in [-0.2, 0) is 9.59 Å². The Hall–Kier alpha value is -1.06. The SMILES string of the molecule is CCCCCCCCCN1CC(=O)NC2(CCCC2)C1=O. The third kappa shape index (κ3) is 4.21. The summed E-state index contributed by atoms with van der Waals surface area (Å²) in [6.07, 6.45) is 12.4. The monoisotopic (exact) mass is 294 g/mol. The van der Waals surface area contributed by atoms with Crippen LogP contribution in [0.1, 0.15) is 77.6 Å². The van der Waals surface area contributed by atoms with Gasteiger partial charge >= 0.3 is 0 Å². The summed E-state index contributed by atoms with van der Waals surface area (Å²) in [6, 6.07) is 0. The quantitative estimate of drug-likeness (QED) is 0.700. The molecule has 1 saturated heterocycles. The predicted octanol–water partition coefficient (Wildman–Crippen LogP) is 3.01. The van der Waals surface area contributed by atoms with Crippen LogP contribution in [0.4, 0.5) is 0 Å². The molecule has 2 fully saturated rings. The minimum absolute atomic E-state index is 0.0273. The van der Waals surface area contributed by atoms with Crippen molar-refractivity contribution in [2.45, 2.75) is 83.1 Å². The second-order valence-corrected chi connectivity index (χ2v) is 6.69. The van der Waals surface area contributed by atoms with Crippen LogP contribution < -0.4 is 5.32 Å². The lowest BCUT2D eigenvalue weighted by molar-refractivity contribution is -0.149. The highest BCUT2D eigenvalue weighted by atomic mass is 16.2. The minimum Gasteiger partial charge on any atom is -0.340 e. The maximum absolute atomic E-state index is 12.6. The Morgan fingerprint density at radius 2 is 1.62 bits per heavy atom. The molecule has 1 aliphatic heterocycles. The van der Waals surface area contributed by atoms with E-state index in [1.54, 1.807) is 4.90 Å². The highest BCUT2D eigenvalue weighted by Gasteiger charge is 2.47. The number of carbonyl (C=O) groups excluding carboxylic acids is 2. The van der Waals surface area contributed by atoms with Gasteiger partial charge in [-0.3, -0.25) is 9.59 Å². The van der Waals surface area contributed by atoms with E-state index >= 15 is 0 Å². The zero-order valence-electron chi connectivity index (χ0n) is 13.5. The molecular weight excluding hydrogens is 264 g/mol. The zero-order chi connectivity index (χ0) is 15.1. The Kier molecular flexibility index (Phi) is 6.07. The lowest BCUT2D eigenvalue weighted by Crippen LogP contribution is -2.65. The van der Waals surface area contributed by atoms with E-state index in [9.17, 15) is 9.59 Å². The van der Waals surface area contributed by atoms with Crippen molar-refractivity contribution < 1.29 is 9.59 Å². The van der Waals surface area contributed by atoms with Gasteiger partial charge in [-0.05, 0) is 19.3 Å². The van der Waals surface area contributed by atoms with Gasteiger partial charge in [-0.15, -0.1) is 0 Å². The molecule has 0 bridgehead atoms. The molecule has 1 spiro atoms. The Morgan fingerprint density at radius 3 is 2.29 bits per heavy atom. The number of carbonyl (C=O) groups is 2. The number of nitrogens with zero attached hydrogens (tertiary/aromatic N) is 1. The van der Waals surface area contributed by atoms with Crippen LogP contribution in [0.2, 0.25) is 0 Å². The molecule has 1 N–H and O–H groups in total. The number of piperazine rings is 1. The molecule has 21 heavy (non-hydrogen) atoms. The van der Waals surface area contributed by atoms with Gasteiger partial charge in [-0.1, -0.05) is 58.3 Å². The Morgan fingerprint density at radius 1 is 1.00 bits per heavy atom. The molecule has 120 valence electrons. The smallest absolute Gasteiger partial charge is 0.248 e. The maximum atomic E-state index is 12.6. The van der Waals surface area contributed by atoms with Gasteiger partial charge in [0.15, 0.2) is 0 Å². The van der Waals surface area contributed by atoms with Crippen molar-refractivity contribution >= 4 is 11.8 Å². The Labute approximate surface area is 128 Å². The van der Waals surface area contributed by atoms with Gasteiger partial charge in [0.2, 0.25) is 11.8 Å². The van der Waals surface area contributed by atoms with Crippen LogP contribution in [0.25, 0.3) is 0 Å². The predicted molar refractivity (Wildman–Crippen MR) is 83.9 cm³/mol. The molecular formula is C17H30N2O2. The van der Waals surface area contributed by atoms with Crippen LogP contribution >= 0.6 is 0 Å². The minimum atomic E-state index is -0.545. The molecule has 2 aliphatic rings. The Balaban J connectivity index is 1.72. The summed E-state index contributed by atoms with van der Waals surface area (Å²) in [6.45, 7) is 3.24. The van der Waals surface area contributed by atoms with Crippen LogP contribution in [0, 0.1) is 0 Å². The molecule has 0 aromatic carbocycles. The van der Waals surface area contributed by atoms with E-state index in [1.807, 2.05) is 0 Å². The molecule has 0 unspecified atom stereocenters. The lowest BCUT2D eigenvalue weighted by atomic mass is 9.93. The van der Waals surface area contributed by atoms with E-state index in [0.29, 0.717) is 0 Å². The van der Waals surface area contributed by atoms with Crippen molar-refractivity contribution in [3.8, 4) is 0 Å². The van der Waals surface area contributed by atoms with Gasteiger partial charge in [0.1, 0.15) is 5.54 Å². The van der Waals surface area contributed by atoms with Crippen molar-refractivity contribution in [2.75, 3.05) is 13.1 Å². The summed E-state index contributed by atoms with van der Waals surface area (Å²) in [5.74, 6) is 0.199. The van der Waals surface area contributed by atoms with E-state index in [2.05, 4.69) is 12.2 Å². The van der Waals surface area contributed by atoms with Crippen molar-refractivity contribution in [3.63, 3.8) is 0 Å². The van der Waals surface area contributed by atoms with Crippen molar-refractivity contribution in [1.82, 2.24) is 10.2 Å². The Bertz CT molecular complexity index is 362. The first-order chi connectivity index (χ1) is 10.2. The lowest BCUT2D eigenvalue weighted by Gasteiger charge is -2.39. The third-order valence-electron chi connectivity index (χ3n) is 4.90. The fraction of sp³-hybridized carbons (Fsp3) is 0.882. The number of rotatable bonds is 8. The van der Waals surface area contributed by atoms with E-state index in [1.165, 1.54) is 38.5 Å². The summed E-state index contributed by atoms with van der Waals surface area (Å²) < 4.78 is 0. The number of hydrogen-bond acceptors (Lipinski definition) is 2. The van der Waals surface area contributed by atoms with E-state index < -0.39 is 5.54 Å². The summed E-state index contributed by atoms with van der Waals surface area (Å²) >= 11 is 0. The molecule has 1 saturated carbocycles. The van der Waals surface area contributed by atoms with Gasteiger partial charge in [-0.2, -0.15) is 0 Å². The van der Waals surface area contributed by atoms with E-state index in [0.717, 1.165) is 38.6 Å². The summed E-state index contributed by atoms with van der Waals surface area (Å²) in [7, 11) is 0. The molecule has 1 heterocycles. The first-order valence-corrected chi connectivity index (χ1v) is 8.78. The third-order valence-corrected chi connectivity index (χ3v) is 4.90. The first-order valence-electron chi connectivity index (χ1n) is 8.78. The largest absolute Gasteiger partial charge is 0.340 e. The highest BCUT2D eigenvalue weighted by molar-refractivity contribution is 5.98. The normalized spacial score (nSPS) is 21.1. The van der Waals surface area contributed by atoms with Crippen LogP contribution in [0.3, 0.4) is 0 Å². The fourth-order valence-corrected chi connectivity index (χ4v) is 3.67. The molecule has 0 radical (unpaired) electrons. The summed E-state index contributed by atoms with van der Waals surface area (Å²) in [5.41, 5.74) is -0.545. The topological polar surface area (TPSA) is 49.4 Å². The highest BCUT2D eigenvalue weighted by Crippen LogP contribution is 2.33.